The average Bonchev–Trinajstić information content (AvgIpc) is 2.24. The molecule has 0 fully saturated rings. The lowest BCUT2D eigenvalue weighted by Gasteiger charge is -2.36. The molecule has 0 rings (SSSR count). The van der Waals surface area contributed by atoms with E-state index in [0.29, 0.717) is 25.7 Å². The molecule has 0 aromatic heterocycles. The Balaban J connectivity index is 4.30. The molecule has 0 aromatic carbocycles. The number of carbonyl (C=O) groups excluding carboxylic acids is 2. The second-order valence-electron chi connectivity index (χ2n) is 6.82. The van der Waals surface area contributed by atoms with Crippen LogP contribution in [-0.2, 0) is 9.59 Å². The van der Waals surface area contributed by atoms with Crippen LogP contribution in [-0.4, -0.2) is 36.1 Å². The molecule has 0 heterocycles. The second kappa shape index (κ2) is 9.10. The highest BCUT2D eigenvalue weighted by molar-refractivity contribution is 6.25. The minimum absolute atomic E-state index is 0.0341. The van der Waals surface area contributed by atoms with Crippen molar-refractivity contribution in [1.29, 1.82) is 0 Å². The van der Waals surface area contributed by atoms with Crippen molar-refractivity contribution < 1.29 is 9.59 Å². The monoisotopic (exact) mass is 324 g/mol. The number of halogens is 1. The SMILES string of the molecule is [B]C#CC(Cl)CCCC(=O)NC(C)(C)CC(C)(C)NC(C)=O. The van der Waals surface area contributed by atoms with Gasteiger partial charge in [0, 0.05) is 24.4 Å². The predicted molar refractivity (Wildman–Crippen MR) is 91.8 cm³/mol. The zero-order valence-corrected chi connectivity index (χ0v) is 14.9. The molecule has 2 N–H and O–H groups in total. The molecular formula is C16H26BClN2O2. The fraction of sp³-hybridized carbons (Fsp3) is 0.750. The summed E-state index contributed by atoms with van der Waals surface area (Å²) in [4.78, 5) is 23.2. The largest absolute Gasteiger partial charge is 0.351 e. The Labute approximate surface area is 140 Å². The van der Waals surface area contributed by atoms with Crippen molar-refractivity contribution >= 4 is 31.3 Å². The maximum atomic E-state index is 12.0. The number of hydrogen-bond donors (Lipinski definition) is 2. The highest BCUT2D eigenvalue weighted by Gasteiger charge is 2.30. The maximum Gasteiger partial charge on any atom is 0.220 e. The van der Waals surface area contributed by atoms with E-state index in [9.17, 15) is 9.59 Å². The topological polar surface area (TPSA) is 58.2 Å². The van der Waals surface area contributed by atoms with Gasteiger partial charge in [0.05, 0.1) is 5.38 Å². The fourth-order valence-corrected chi connectivity index (χ4v) is 2.93. The first-order valence-corrected chi connectivity index (χ1v) is 7.86. The van der Waals surface area contributed by atoms with Crippen LogP contribution < -0.4 is 10.6 Å². The van der Waals surface area contributed by atoms with Crippen molar-refractivity contribution in [2.45, 2.75) is 76.8 Å². The predicted octanol–water partition coefficient (Wildman–Crippen LogP) is 2.09. The molecule has 6 heteroatoms. The molecule has 22 heavy (non-hydrogen) atoms. The van der Waals surface area contributed by atoms with Crippen LogP contribution in [0.4, 0.5) is 0 Å². The first-order chi connectivity index (χ1) is 9.97. The Morgan fingerprint density at radius 3 is 2.23 bits per heavy atom. The summed E-state index contributed by atoms with van der Waals surface area (Å²) in [6.45, 7) is 9.25. The number of rotatable bonds is 8. The van der Waals surface area contributed by atoms with Gasteiger partial charge in [0.1, 0.15) is 0 Å². The summed E-state index contributed by atoms with van der Waals surface area (Å²) in [5.74, 6) is 4.79. The number of hydrogen-bond acceptors (Lipinski definition) is 2. The lowest BCUT2D eigenvalue weighted by molar-refractivity contribution is -0.123. The van der Waals surface area contributed by atoms with E-state index in [-0.39, 0.29) is 22.7 Å². The first-order valence-electron chi connectivity index (χ1n) is 7.42. The molecule has 0 spiro atoms. The summed E-state index contributed by atoms with van der Waals surface area (Å²) in [5, 5.41) is 5.57. The Morgan fingerprint density at radius 1 is 1.18 bits per heavy atom. The highest BCUT2D eigenvalue weighted by atomic mass is 35.5. The number of nitrogens with one attached hydrogen (secondary N) is 2. The first kappa shape index (κ1) is 20.9. The molecule has 2 amide bonds. The number of amides is 2. The quantitative estimate of drug-likeness (QED) is 0.408. The van der Waals surface area contributed by atoms with Gasteiger partial charge in [-0.15, -0.1) is 11.6 Å². The standard InChI is InChI=1S/C16H26BClN2O2/c1-12(21)19-15(2,3)11-16(4,5)20-14(22)8-6-7-13(18)9-10-17/h13H,6-8,11H2,1-5H3,(H,19,21)(H,20,22). The van der Waals surface area contributed by atoms with E-state index in [2.05, 4.69) is 22.4 Å². The highest BCUT2D eigenvalue weighted by Crippen LogP contribution is 2.20. The molecule has 2 radical (unpaired) electrons. The van der Waals surface area contributed by atoms with E-state index < -0.39 is 5.54 Å². The minimum Gasteiger partial charge on any atom is -0.351 e. The molecule has 0 aliphatic heterocycles. The minimum atomic E-state index is -0.416. The Kier molecular flexibility index (Phi) is 8.62. The Hall–Kier alpha value is -1.15. The van der Waals surface area contributed by atoms with Crippen LogP contribution >= 0.6 is 11.6 Å². The Morgan fingerprint density at radius 2 is 1.73 bits per heavy atom. The van der Waals surface area contributed by atoms with Gasteiger partial charge in [0.15, 0.2) is 7.85 Å². The zero-order valence-electron chi connectivity index (χ0n) is 14.2. The Bertz CT molecular complexity index is 453. The molecule has 122 valence electrons. The van der Waals surface area contributed by atoms with Crippen molar-refractivity contribution in [2.24, 2.45) is 0 Å². The van der Waals surface area contributed by atoms with E-state index in [1.807, 2.05) is 27.7 Å². The summed E-state index contributed by atoms with van der Waals surface area (Å²) < 4.78 is 0. The van der Waals surface area contributed by atoms with Crippen LogP contribution in [0.25, 0.3) is 0 Å². The van der Waals surface area contributed by atoms with E-state index in [1.165, 1.54) is 6.92 Å². The third kappa shape index (κ3) is 10.6. The molecule has 1 atom stereocenters. The molecular weight excluding hydrogens is 298 g/mol. The van der Waals surface area contributed by atoms with Crippen molar-refractivity contribution in [1.82, 2.24) is 10.6 Å². The lowest BCUT2D eigenvalue weighted by atomic mass is 9.86. The maximum absolute atomic E-state index is 12.0. The van der Waals surface area contributed by atoms with E-state index in [0.717, 1.165) is 0 Å². The number of alkyl halides is 1. The molecule has 0 aliphatic carbocycles. The second-order valence-corrected chi connectivity index (χ2v) is 7.35. The van der Waals surface area contributed by atoms with Gasteiger partial charge in [0.2, 0.25) is 11.8 Å². The third-order valence-electron chi connectivity index (χ3n) is 2.98. The van der Waals surface area contributed by atoms with Gasteiger partial charge in [-0.05, 0) is 47.0 Å². The summed E-state index contributed by atoms with van der Waals surface area (Å²) in [7, 11) is 5.08. The summed E-state index contributed by atoms with van der Waals surface area (Å²) in [5.41, 5.74) is -0.805. The van der Waals surface area contributed by atoms with Crippen LogP contribution in [0.15, 0.2) is 0 Å². The van der Waals surface area contributed by atoms with Crippen molar-refractivity contribution in [2.75, 3.05) is 0 Å². The third-order valence-corrected chi connectivity index (χ3v) is 3.30. The smallest absolute Gasteiger partial charge is 0.220 e. The van der Waals surface area contributed by atoms with Crippen LogP contribution in [0.5, 0.6) is 0 Å². The number of carbonyl (C=O) groups is 2. The average molecular weight is 325 g/mol. The van der Waals surface area contributed by atoms with Gasteiger partial charge < -0.3 is 10.6 Å². The molecule has 4 nitrogen and oxygen atoms in total. The van der Waals surface area contributed by atoms with Crippen LogP contribution in [0.3, 0.4) is 0 Å². The zero-order chi connectivity index (χ0) is 17.4. The molecule has 0 saturated heterocycles. The molecule has 0 aliphatic rings. The molecule has 1 unspecified atom stereocenters. The van der Waals surface area contributed by atoms with Gasteiger partial charge in [-0.3, -0.25) is 9.59 Å². The normalized spacial score (nSPS) is 12.8. The molecule has 0 bridgehead atoms. The van der Waals surface area contributed by atoms with Crippen molar-refractivity contribution in [3.8, 4) is 11.7 Å². The molecule has 0 saturated carbocycles. The van der Waals surface area contributed by atoms with Gasteiger partial charge in [-0.1, -0.05) is 5.92 Å². The molecule has 0 aromatic rings. The van der Waals surface area contributed by atoms with Gasteiger partial charge in [0.25, 0.3) is 0 Å². The van der Waals surface area contributed by atoms with Gasteiger partial charge >= 0.3 is 0 Å². The van der Waals surface area contributed by atoms with Crippen LogP contribution in [0.1, 0.15) is 60.3 Å². The van der Waals surface area contributed by atoms with Gasteiger partial charge in [-0.2, -0.15) is 5.82 Å². The van der Waals surface area contributed by atoms with Crippen LogP contribution in [0.2, 0.25) is 0 Å². The van der Waals surface area contributed by atoms with Crippen LogP contribution in [0, 0.1) is 11.7 Å². The van der Waals surface area contributed by atoms with E-state index >= 15 is 0 Å². The summed E-state index contributed by atoms with van der Waals surface area (Å²) in [6, 6.07) is 0. The van der Waals surface area contributed by atoms with E-state index in [4.69, 9.17) is 19.4 Å². The van der Waals surface area contributed by atoms with E-state index in [1.54, 1.807) is 0 Å². The lowest BCUT2D eigenvalue weighted by Crippen LogP contribution is -2.53. The summed E-state index contributed by atoms with van der Waals surface area (Å²) in [6.07, 6.45) is 2.29. The van der Waals surface area contributed by atoms with Crippen molar-refractivity contribution in [3.05, 3.63) is 0 Å². The van der Waals surface area contributed by atoms with Gasteiger partial charge in [-0.25, -0.2) is 0 Å². The summed E-state index contributed by atoms with van der Waals surface area (Å²) >= 11 is 5.91. The fourth-order valence-electron chi connectivity index (χ4n) is 2.71. The van der Waals surface area contributed by atoms with Crippen molar-refractivity contribution in [3.63, 3.8) is 0 Å².